The van der Waals surface area contributed by atoms with Gasteiger partial charge in [-0.25, -0.2) is 0 Å². The van der Waals surface area contributed by atoms with Crippen LogP contribution < -0.4 is 5.32 Å². The molecule has 1 unspecified atom stereocenters. The molecule has 2 aromatic rings. The molecular weight excluding hydrogens is 357 g/mol. The summed E-state index contributed by atoms with van der Waals surface area (Å²) in [6.07, 6.45) is 0.797. The third-order valence-corrected chi connectivity index (χ3v) is 5.11. The van der Waals surface area contributed by atoms with Crippen LogP contribution in [0.2, 0.25) is 10.0 Å². The summed E-state index contributed by atoms with van der Waals surface area (Å²) in [6, 6.07) is 12.4. The fraction of sp³-hybridized carbons (Fsp3) is 0.250. The Morgan fingerprint density at radius 2 is 1.95 bits per heavy atom. The summed E-state index contributed by atoms with van der Waals surface area (Å²) in [5, 5.41) is 4.58. The lowest BCUT2D eigenvalue weighted by Crippen LogP contribution is -2.19. The van der Waals surface area contributed by atoms with Crippen LogP contribution >= 0.6 is 39.1 Å². The van der Waals surface area contributed by atoms with E-state index in [9.17, 15) is 0 Å². The number of nitrogens with one attached hydrogen (secondary N) is 1. The molecule has 1 nitrogen and oxygen atoms in total. The summed E-state index contributed by atoms with van der Waals surface area (Å²) in [5.41, 5.74) is 3.50. The summed E-state index contributed by atoms with van der Waals surface area (Å²) in [5.74, 6) is 0. The molecule has 1 N–H and O–H groups in total. The molecule has 0 amide bonds. The zero-order valence-corrected chi connectivity index (χ0v) is 14.5. The molecule has 1 atom stereocenters. The lowest BCUT2D eigenvalue weighted by molar-refractivity contribution is 0.592. The number of likely N-dealkylation sites (N-methyl/N-ethyl adjacent to an activating group) is 1. The van der Waals surface area contributed by atoms with Gasteiger partial charge in [-0.15, -0.1) is 0 Å². The van der Waals surface area contributed by atoms with Crippen LogP contribution in [0.1, 0.15) is 22.7 Å². The topological polar surface area (TPSA) is 12.0 Å². The molecule has 0 saturated heterocycles. The van der Waals surface area contributed by atoms with E-state index in [0.717, 1.165) is 16.5 Å². The first-order valence-corrected chi connectivity index (χ1v) is 7.94. The molecule has 20 heavy (non-hydrogen) atoms. The third kappa shape index (κ3) is 3.56. The van der Waals surface area contributed by atoms with Crippen LogP contribution in [-0.2, 0) is 6.42 Å². The Morgan fingerprint density at radius 3 is 2.60 bits per heavy atom. The molecule has 0 fully saturated rings. The van der Waals surface area contributed by atoms with Gasteiger partial charge in [-0.2, -0.15) is 0 Å². The fourth-order valence-electron chi connectivity index (χ4n) is 2.14. The van der Waals surface area contributed by atoms with Gasteiger partial charge in [-0.1, -0.05) is 63.4 Å². The van der Waals surface area contributed by atoms with Gasteiger partial charge in [0.1, 0.15) is 0 Å². The van der Waals surface area contributed by atoms with E-state index in [0.29, 0.717) is 10.0 Å². The smallest absolute Gasteiger partial charge is 0.0624 e. The number of rotatable bonds is 4. The van der Waals surface area contributed by atoms with Gasteiger partial charge in [0.25, 0.3) is 0 Å². The highest BCUT2D eigenvalue weighted by Gasteiger charge is 2.14. The second-order valence-electron chi connectivity index (χ2n) is 4.77. The maximum absolute atomic E-state index is 6.27. The zero-order valence-electron chi connectivity index (χ0n) is 11.4. The SMILES string of the molecule is CNC(Cc1cccc(Cl)c1Cl)c1ccc(C)c(Br)c1. The first-order chi connectivity index (χ1) is 9.52. The van der Waals surface area contributed by atoms with Crippen LogP contribution in [-0.4, -0.2) is 7.05 Å². The van der Waals surface area contributed by atoms with Gasteiger partial charge in [0.05, 0.1) is 10.0 Å². The van der Waals surface area contributed by atoms with E-state index in [1.165, 1.54) is 11.1 Å². The van der Waals surface area contributed by atoms with Gasteiger partial charge < -0.3 is 5.32 Å². The van der Waals surface area contributed by atoms with Gasteiger partial charge in [0, 0.05) is 10.5 Å². The van der Waals surface area contributed by atoms with Crippen molar-refractivity contribution in [1.82, 2.24) is 5.32 Å². The molecule has 2 rings (SSSR count). The van der Waals surface area contributed by atoms with Crippen LogP contribution in [0, 0.1) is 6.92 Å². The van der Waals surface area contributed by atoms with Gasteiger partial charge >= 0.3 is 0 Å². The van der Waals surface area contributed by atoms with Crippen LogP contribution in [0.25, 0.3) is 0 Å². The Bertz CT molecular complexity index is 613. The summed E-state index contributed by atoms with van der Waals surface area (Å²) in [4.78, 5) is 0. The molecule has 0 aliphatic carbocycles. The molecule has 0 aliphatic heterocycles. The van der Waals surface area contributed by atoms with E-state index in [4.69, 9.17) is 23.2 Å². The van der Waals surface area contributed by atoms with E-state index in [-0.39, 0.29) is 6.04 Å². The summed E-state index contributed by atoms with van der Waals surface area (Å²) >= 11 is 15.9. The van der Waals surface area contributed by atoms with Gasteiger partial charge in [0.15, 0.2) is 0 Å². The molecule has 0 radical (unpaired) electrons. The molecule has 106 valence electrons. The number of halogens is 3. The van der Waals surface area contributed by atoms with Crippen LogP contribution in [0.5, 0.6) is 0 Å². The van der Waals surface area contributed by atoms with Crippen molar-refractivity contribution in [2.24, 2.45) is 0 Å². The highest BCUT2D eigenvalue weighted by atomic mass is 79.9. The quantitative estimate of drug-likeness (QED) is 0.739. The Morgan fingerprint density at radius 1 is 1.20 bits per heavy atom. The van der Waals surface area contributed by atoms with Crippen molar-refractivity contribution in [3.05, 3.63) is 67.6 Å². The molecule has 0 bridgehead atoms. The molecule has 0 aromatic heterocycles. The van der Waals surface area contributed by atoms with Crippen molar-refractivity contribution < 1.29 is 0 Å². The largest absolute Gasteiger partial charge is 0.313 e. The van der Waals surface area contributed by atoms with E-state index in [2.05, 4.69) is 46.4 Å². The summed E-state index contributed by atoms with van der Waals surface area (Å²) in [6.45, 7) is 2.08. The Labute approximate surface area is 138 Å². The molecule has 0 aliphatic rings. The lowest BCUT2D eigenvalue weighted by Gasteiger charge is -2.18. The van der Waals surface area contributed by atoms with Crippen molar-refractivity contribution in [2.75, 3.05) is 7.05 Å². The van der Waals surface area contributed by atoms with Crippen molar-refractivity contribution in [3.63, 3.8) is 0 Å². The van der Waals surface area contributed by atoms with Crippen molar-refractivity contribution in [3.8, 4) is 0 Å². The Kier molecular flexibility index (Phi) is 5.50. The van der Waals surface area contributed by atoms with Crippen LogP contribution in [0.15, 0.2) is 40.9 Å². The number of aryl methyl sites for hydroxylation is 1. The van der Waals surface area contributed by atoms with Gasteiger partial charge in [-0.3, -0.25) is 0 Å². The molecule has 0 heterocycles. The first kappa shape index (κ1) is 15.8. The number of hydrogen-bond acceptors (Lipinski definition) is 1. The molecule has 0 spiro atoms. The zero-order chi connectivity index (χ0) is 14.7. The van der Waals surface area contributed by atoms with Gasteiger partial charge in [0.2, 0.25) is 0 Å². The first-order valence-electron chi connectivity index (χ1n) is 6.39. The average Bonchev–Trinajstić information content (AvgIpc) is 2.44. The monoisotopic (exact) mass is 371 g/mol. The highest BCUT2D eigenvalue weighted by molar-refractivity contribution is 9.10. The normalized spacial score (nSPS) is 12.4. The van der Waals surface area contributed by atoms with Crippen molar-refractivity contribution in [2.45, 2.75) is 19.4 Å². The third-order valence-electron chi connectivity index (χ3n) is 3.40. The van der Waals surface area contributed by atoms with Crippen molar-refractivity contribution >= 4 is 39.1 Å². The predicted molar refractivity (Wildman–Crippen MR) is 90.8 cm³/mol. The highest BCUT2D eigenvalue weighted by Crippen LogP contribution is 2.30. The minimum absolute atomic E-state index is 0.197. The second kappa shape index (κ2) is 6.95. The van der Waals surface area contributed by atoms with Crippen molar-refractivity contribution in [1.29, 1.82) is 0 Å². The standard InChI is InChI=1S/C16H16BrCl2N/c1-10-6-7-11(8-13(10)17)15(20-2)9-12-4-3-5-14(18)16(12)19/h3-8,15,20H,9H2,1-2H3. The number of hydrogen-bond donors (Lipinski definition) is 1. The Hall–Kier alpha value is -0.540. The average molecular weight is 373 g/mol. The second-order valence-corrected chi connectivity index (χ2v) is 6.41. The Balaban J connectivity index is 2.28. The predicted octanol–water partition coefficient (Wildman–Crippen LogP) is 5.57. The minimum atomic E-state index is 0.197. The maximum Gasteiger partial charge on any atom is 0.0624 e. The fourth-order valence-corrected chi connectivity index (χ4v) is 2.93. The minimum Gasteiger partial charge on any atom is -0.313 e. The molecule has 0 saturated carbocycles. The van der Waals surface area contributed by atoms with Gasteiger partial charge in [-0.05, 0) is 49.2 Å². The van der Waals surface area contributed by atoms with E-state index < -0.39 is 0 Å². The molecule has 4 heteroatoms. The lowest BCUT2D eigenvalue weighted by atomic mass is 9.98. The number of benzene rings is 2. The summed E-state index contributed by atoms with van der Waals surface area (Å²) in [7, 11) is 1.96. The summed E-state index contributed by atoms with van der Waals surface area (Å²) < 4.78 is 1.12. The van der Waals surface area contributed by atoms with E-state index in [1.54, 1.807) is 0 Å². The molecular formula is C16H16BrCl2N. The molecule has 2 aromatic carbocycles. The van der Waals surface area contributed by atoms with Crippen LogP contribution in [0.4, 0.5) is 0 Å². The van der Waals surface area contributed by atoms with E-state index >= 15 is 0 Å². The maximum atomic E-state index is 6.27. The van der Waals surface area contributed by atoms with E-state index in [1.807, 2.05) is 25.2 Å². The van der Waals surface area contributed by atoms with Crippen LogP contribution in [0.3, 0.4) is 0 Å².